The molecule has 1 fully saturated rings. The predicted molar refractivity (Wildman–Crippen MR) is 83.4 cm³/mol. The summed E-state index contributed by atoms with van der Waals surface area (Å²) in [5.41, 5.74) is 3.30. The Hall–Kier alpha value is -1.65. The first-order valence-corrected chi connectivity index (χ1v) is 7.76. The number of aryl methyl sites for hydroxylation is 1. The summed E-state index contributed by atoms with van der Waals surface area (Å²) < 4.78 is 1.92. The van der Waals surface area contributed by atoms with Crippen LogP contribution >= 0.6 is 0 Å². The van der Waals surface area contributed by atoms with Crippen LogP contribution in [0.15, 0.2) is 36.5 Å². The zero-order chi connectivity index (χ0) is 14.7. The summed E-state index contributed by atoms with van der Waals surface area (Å²) in [6, 6.07) is 10.4. The SMILES string of the molecule is Cc1nn(-c2ccccc2)cc1CN[C@@H]1CCCC[C@H]1O. The molecule has 0 unspecified atom stereocenters. The molecule has 1 aromatic carbocycles. The molecule has 1 heterocycles. The van der Waals surface area contributed by atoms with Gasteiger partial charge >= 0.3 is 0 Å². The summed E-state index contributed by atoms with van der Waals surface area (Å²) in [4.78, 5) is 0. The van der Waals surface area contributed by atoms with Gasteiger partial charge in [0.1, 0.15) is 0 Å². The van der Waals surface area contributed by atoms with Gasteiger partial charge in [0.15, 0.2) is 0 Å². The predicted octanol–water partition coefficient (Wildman–Crippen LogP) is 2.57. The highest BCUT2D eigenvalue weighted by molar-refractivity contribution is 5.32. The minimum Gasteiger partial charge on any atom is -0.392 e. The van der Waals surface area contributed by atoms with E-state index in [2.05, 4.69) is 28.7 Å². The van der Waals surface area contributed by atoms with Crippen LogP contribution in [-0.4, -0.2) is 27.0 Å². The fourth-order valence-corrected chi connectivity index (χ4v) is 2.97. The number of benzene rings is 1. The van der Waals surface area contributed by atoms with E-state index < -0.39 is 0 Å². The van der Waals surface area contributed by atoms with Crippen LogP contribution in [0.25, 0.3) is 5.69 Å². The fourth-order valence-electron chi connectivity index (χ4n) is 2.97. The van der Waals surface area contributed by atoms with Crippen molar-refractivity contribution in [2.45, 2.75) is 51.3 Å². The van der Waals surface area contributed by atoms with Crippen molar-refractivity contribution in [1.82, 2.24) is 15.1 Å². The Labute approximate surface area is 125 Å². The van der Waals surface area contributed by atoms with E-state index in [9.17, 15) is 5.11 Å². The van der Waals surface area contributed by atoms with E-state index in [1.165, 1.54) is 12.0 Å². The highest BCUT2D eigenvalue weighted by Crippen LogP contribution is 2.19. The van der Waals surface area contributed by atoms with Crippen LogP contribution in [0.4, 0.5) is 0 Å². The van der Waals surface area contributed by atoms with Crippen molar-refractivity contribution < 1.29 is 5.11 Å². The van der Waals surface area contributed by atoms with E-state index in [-0.39, 0.29) is 12.1 Å². The Kier molecular flexibility index (Phi) is 4.36. The lowest BCUT2D eigenvalue weighted by atomic mass is 9.92. The zero-order valence-electron chi connectivity index (χ0n) is 12.5. The van der Waals surface area contributed by atoms with E-state index in [4.69, 9.17) is 0 Å². The molecule has 3 rings (SSSR count). The normalized spacial score (nSPS) is 22.4. The third kappa shape index (κ3) is 3.34. The molecule has 4 nitrogen and oxygen atoms in total. The Morgan fingerprint density at radius 3 is 2.76 bits per heavy atom. The molecule has 1 aliphatic rings. The molecular weight excluding hydrogens is 262 g/mol. The van der Waals surface area contributed by atoms with Gasteiger partial charge in [0.05, 0.1) is 17.5 Å². The maximum atomic E-state index is 10.0. The van der Waals surface area contributed by atoms with Crippen LogP contribution in [0.3, 0.4) is 0 Å². The molecule has 112 valence electrons. The highest BCUT2D eigenvalue weighted by Gasteiger charge is 2.22. The Morgan fingerprint density at radius 2 is 2.00 bits per heavy atom. The molecule has 1 saturated carbocycles. The van der Waals surface area contributed by atoms with Crippen molar-refractivity contribution in [2.75, 3.05) is 0 Å². The summed E-state index contributed by atoms with van der Waals surface area (Å²) in [5.74, 6) is 0. The van der Waals surface area contributed by atoms with Crippen molar-refractivity contribution in [3.05, 3.63) is 47.8 Å². The summed E-state index contributed by atoms with van der Waals surface area (Å²) in [5, 5.41) is 18.1. The molecular formula is C17H23N3O. The van der Waals surface area contributed by atoms with Crippen LogP contribution in [-0.2, 0) is 6.54 Å². The lowest BCUT2D eigenvalue weighted by molar-refractivity contribution is 0.0902. The summed E-state index contributed by atoms with van der Waals surface area (Å²) in [6.07, 6.45) is 6.20. The van der Waals surface area contributed by atoms with Gasteiger partial charge in [-0.05, 0) is 31.9 Å². The number of hydrogen-bond donors (Lipinski definition) is 2. The van der Waals surface area contributed by atoms with Gasteiger partial charge < -0.3 is 10.4 Å². The van der Waals surface area contributed by atoms with Crippen molar-refractivity contribution >= 4 is 0 Å². The molecule has 21 heavy (non-hydrogen) atoms. The van der Waals surface area contributed by atoms with Gasteiger partial charge in [-0.2, -0.15) is 5.10 Å². The van der Waals surface area contributed by atoms with Crippen molar-refractivity contribution in [1.29, 1.82) is 0 Å². The second-order valence-electron chi connectivity index (χ2n) is 5.86. The van der Waals surface area contributed by atoms with Gasteiger partial charge in [-0.15, -0.1) is 0 Å². The van der Waals surface area contributed by atoms with Crippen LogP contribution < -0.4 is 5.32 Å². The number of hydrogen-bond acceptors (Lipinski definition) is 3. The number of aliphatic hydroxyl groups is 1. The van der Waals surface area contributed by atoms with E-state index in [1.807, 2.05) is 29.8 Å². The molecule has 2 atom stereocenters. The largest absolute Gasteiger partial charge is 0.392 e. The average molecular weight is 285 g/mol. The molecule has 0 saturated heterocycles. The Morgan fingerprint density at radius 1 is 1.24 bits per heavy atom. The Balaban J connectivity index is 1.67. The lowest BCUT2D eigenvalue weighted by Crippen LogP contribution is -2.41. The summed E-state index contributed by atoms with van der Waals surface area (Å²) >= 11 is 0. The van der Waals surface area contributed by atoms with Crippen LogP contribution in [0.1, 0.15) is 36.9 Å². The minimum absolute atomic E-state index is 0.205. The van der Waals surface area contributed by atoms with Crippen molar-refractivity contribution in [2.24, 2.45) is 0 Å². The second-order valence-corrected chi connectivity index (χ2v) is 5.86. The summed E-state index contributed by atoms with van der Waals surface area (Å²) in [7, 11) is 0. The average Bonchev–Trinajstić information content (AvgIpc) is 2.89. The van der Waals surface area contributed by atoms with Gasteiger partial charge in [-0.3, -0.25) is 0 Å². The molecule has 1 aromatic heterocycles. The molecule has 4 heteroatoms. The Bertz CT molecular complexity index is 579. The first-order valence-electron chi connectivity index (χ1n) is 7.76. The summed E-state index contributed by atoms with van der Waals surface area (Å²) in [6.45, 7) is 2.80. The molecule has 0 aliphatic heterocycles. The first-order chi connectivity index (χ1) is 10.2. The molecule has 2 N–H and O–H groups in total. The molecule has 2 aromatic rings. The van der Waals surface area contributed by atoms with Crippen LogP contribution in [0.2, 0.25) is 0 Å². The maximum absolute atomic E-state index is 10.0. The standard InChI is InChI=1S/C17H23N3O/c1-13-14(11-18-16-9-5-6-10-17(16)21)12-20(19-13)15-7-3-2-4-8-15/h2-4,7-8,12,16-18,21H,5-6,9-11H2,1H3/t16-,17-/m1/s1. The molecule has 0 radical (unpaired) electrons. The smallest absolute Gasteiger partial charge is 0.0693 e. The molecule has 1 aliphatic carbocycles. The van der Waals surface area contributed by atoms with Gasteiger partial charge in [-0.1, -0.05) is 31.0 Å². The van der Waals surface area contributed by atoms with Gasteiger partial charge in [0, 0.05) is 24.3 Å². The number of nitrogens with one attached hydrogen (secondary N) is 1. The number of nitrogens with zero attached hydrogens (tertiary/aromatic N) is 2. The first kappa shape index (κ1) is 14.3. The molecule has 0 amide bonds. The molecule has 0 spiro atoms. The van der Waals surface area contributed by atoms with Gasteiger partial charge in [0.25, 0.3) is 0 Å². The highest BCUT2D eigenvalue weighted by atomic mass is 16.3. The van der Waals surface area contributed by atoms with Gasteiger partial charge in [-0.25, -0.2) is 4.68 Å². The fraction of sp³-hybridized carbons (Fsp3) is 0.471. The quantitative estimate of drug-likeness (QED) is 0.908. The van der Waals surface area contributed by atoms with Crippen molar-refractivity contribution in [3.63, 3.8) is 0 Å². The monoisotopic (exact) mass is 285 g/mol. The van der Waals surface area contributed by atoms with Gasteiger partial charge in [0.2, 0.25) is 0 Å². The molecule has 0 bridgehead atoms. The van der Waals surface area contributed by atoms with Crippen LogP contribution in [0.5, 0.6) is 0 Å². The third-order valence-electron chi connectivity index (χ3n) is 4.31. The number of aliphatic hydroxyl groups excluding tert-OH is 1. The van der Waals surface area contributed by atoms with Crippen LogP contribution in [0, 0.1) is 6.92 Å². The van der Waals surface area contributed by atoms with E-state index in [1.54, 1.807) is 0 Å². The number of para-hydroxylation sites is 1. The third-order valence-corrected chi connectivity index (χ3v) is 4.31. The van der Waals surface area contributed by atoms with Crippen molar-refractivity contribution in [3.8, 4) is 5.69 Å². The lowest BCUT2D eigenvalue weighted by Gasteiger charge is -2.28. The minimum atomic E-state index is -0.205. The van der Waals surface area contributed by atoms with E-state index in [0.717, 1.165) is 37.2 Å². The number of rotatable bonds is 4. The van der Waals surface area contributed by atoms with E-state index >= 15 is 0 Å². The number of aromatic nitrogens is 2. The van der Waals surface area contributed by atoms with E-state index in [0.29, 0.717) is 0 Å². The maximum Gasteiger partial charge on any atom is 0.0693 e. The topological polar surface area (TPSA) is 50.1 Å². The zero-order valence-corrected chi connectivity index (χ0v) is 12.5. The second kappa shape index (κ2) is 6.41.